The van der Waals surface area contributed by atoms with E-state index in [9.17, 15) is 4.39 Å². The van der Waals surface area contributed by atoms with Crippen LogP contribution in [-0.4, -0.2) is 19.6 Å². The molecule has 17 heavy (non-hydrogen) atoms. The van der Waals surface area contributed by atoms with E-state index in [0.29, 0.717) is 6.54 Å². The van der Waals surface area contributed by atoms with Crippen molar-refractivity contribution in [2.75, 3.05) is 24.5 Å². The van der Waals surface area contributed by atoms with Crippen molar-refractivity contribution in [2.45, 2.75) is 26.2 Å². The molecule has 0 radical (unpaired) electrons. The predicted octanol–water partition coefficient (Wildman–Crippen LogP) is 2.56. The van der Waals surface area contributed by atoms with Crippen molar-refractivity contribution in [2.24, 2.45) is 11.7 Å². The minimum absolute atomic E-state index is 0.106. The average molecular weight is 236 g/mol. The summed E-state index contributed by atoms with van der Waals surface area (Å²) in [6.07, 6.45) is 3.06. The summed E-state index contributed by atoms with van der Waals surface area (Å²) in [5.74, 6) is 0.663. The zero-order chi connectivity index (χ0) is 12.3. The molecule has 0 aromatic heterocycles. The Bertz CT molecular complexity index is 370. The highest BCUT2D eigenvalue weighted by molar-refractivity contribution is 5.49. The van der Waals surface area contributed by atoms with Crippen LogP contribution in [0.15, 0.2) is 18.2 Å². The standard InChI is InChI=1S/C14H21FN2/c1-11-5-8-17(9-6-11)14-3-2-12(4-7-16)10-13(14)15/h2-3,10-11H,4-9,16H2,1H3. The quantitative estimate of drug-likeness (QED) is 0.874. The van der Waals surface area contributed by atoms with Crippen LogP contribution in [0.2, 0.25) is 0 Å². The van der Waals surface area contributed by atoms with Crippen molar-refractivity contribution in [3.8, 4) is 0 Å². The molecule has 3 heteroatoms. The van der Waals surface area contributed by atoms with E-state index < -0.39 is 0 Å². The molecule has 1 aromatic rings. The molecule has 1 aromatic carbocycles. The number of hydrogen-bond donors (Lipinski definition) is 1. The summed E-state index contributed by atoms with van der Waals surface area (Å²) >= 11 is 0. The Hall–Kier alpha value is -1.09. The van der Waals surface area contributed by atoms with Gasteiger partial charge in [0.1, 0.15) is 5.82 Å². The fourth-order valence-electron chi connectivity index (χ4n) is 2.38. The predicted molar refractivity (Wildman–Crippen MR) is 69.8 cm³/mol. The number of nitrogens with zero attached hydrogens (tertiary/aromatic N) is 1. The second-order valence-corrected chi connectivity index (χ2v) is 4.99. The second-order valence-electron chi connectivity index (χ2n) is 4.99. The van der Waals surface area contributed by atoms with Crippen LogP contribution in [0, 0.1) is 11.7 Å². The fourth-order valence-corrected chi connectivity index (χ4v) is 2.38. The SMILES string of the molecule is CC1CCN(c2ccc(CCN)cc2F)CC1. The van der Waals surface area contributed by atoms with Crippen molar-refractivity contribution < 1.29 is 4.39 Å². The van der Waals surface area contributed by atoms with Gasteiger partial charge in [-0.25, -0.2) is 4.39 Å². The lowest BCUT2D eigenvalue weighted by Crippen LogP contribution is -2.33. The normalized spacial score (nSPS) is 17.5. The molecular formula is C14H21FN2. The van der Waals surface area contributed by atoms with E-state index in [1.54, 1.807) is 6.07 Å². The van der Waals surface area contributed by atoms with Crippen molar-refractivity contribution >= 4 is 5.69 Å². The molecule has 1 aliphatic rings. The lowest BCUT2D eigenvalue weighted by molar-refractivity contribution is 0.434. The summed E-state index contributed by atoms with van der Waals surface area (Å²) in [6, 6.07) is 5.51. The number of piperidine rings is 1. The van der Waals surface area contributed by atoms with Gasteiger partial charge in [0, 0.05) is 13.1 Å². The van der Waals surface area contributed by atoms with E-state index in [2.05, 4.69) is 11.8 Å². The monoisotopic (exact) mass is 236 g/mol. The summed E-state index contributed by atoms with van der Waals surface area (Å²) in [5.41, 5.74) is 7.21. The van der Waals surface area contributed by atoms with Crippen LogP contribution in [0.3, 0.4) is 0 Å². The maximum atomic E-state index is 14.0. The zero-order valence-corrected chi connectivity index (χ0v) is 10.5. The summed E-state index contributed by atoms with van der Waals surface area (Å²) in [5, 5.41) is 0. The highest BCUT2D eigenvalue weighted by Gasteiger charge is 2.18. The highest BCUT2D eigenvalue weighted by Crippen LogP contribution is 2.26. The van der Waals surface area contributed by atoms with Crippen LogP contribution in [0.4, 0.5) is 10.1 Å². The smallest absolute Gasteiger partial charge is 0.146 e. The number of rotatable bonds is 3. The Labute approximate surface area is 103 Å². The molecule has 0 unspecified atom stereocenters. The van der Waals surface area contributed by atoms with E-state index in [1.807, 2.05) is 12.1 Å². The molecule has 0 bridgehead atoms. The Kier molecular flexibility index (Phi) is 4.00. The lowest BCUT2D eigenvalue weighted by atomic mass is 9.98. The molecule has 2 nitrogen and oxygen atoms in total. The lowest BCUT2D eigenvalue weighted by Gasteiger charge is -2.32. The first-order chi connectivity index (χ1) is 8.20. The number of anilines is 1. The highest BCUT2D eigenvalue weighted by atomic mass is 19.1. The van der Waals surface area contributed by atoms with Gasteiger partial charge in [-0.1, -0.05) is 13.0 Å². The third-order valence-electron chi connectivity index (χ3n) is 3.57. The van der Waals surface area contributed by atoms with Crippen LogP contribution in [0.25, 0.3) is 0 Å². The molecule has 0 amide bonds. The summed E-state index contributed by atoms with van der Waals surface area (Å²) in [4.78, 5) is 2.15. The first-order valence-electron chi connectivity index (χ1n) is 6.44. The number of hydrogen-bond acceptors (Lipinski definition) is 2. The van der Waals surface area contributed by atoms with Crippen molar-refractivity contribution in [3.63, 3.8) is 0 Å². The first kappa shape index (κ1) is 12.4. The first-order valence-corrected chi connectivity index (χ1v) is 6.44. The second kappa shape index (κ2) is 5.50. The van der Waals surface area contributed by atoms with Gasteiger partial charge in [-0.15, -0.1) is 0 Å². The molecule has 0 spiro atoms. The van der Waals surface area contributed by atoms with Crippen LogP contribution in [0.5, 0.6) is 0 Å². The Balaban J connectivity index is 2.10. The molecule has 2 N–H and O–H groups in total. The molecule has 1 fully saturated rings. The van der Waals surface area contributed by atoms with E-state index in [4.69, 9.17) is 5.73 Å². The Morgan fingerprint density at radius 1 is 1.35 bits per heavy atom. The number of halogens is 1. The summed E-state index contributed by atoms with van der Waals surface area (Å²) in [7, 11) is 0. The van der Waals surface area contributed by atoms with E-state index in [0.717, 1.165) is 49.5 Å². The third kappa shape index (κ3) is 2.97. The van der Waals surface area contributed by atoms with Gasteiger partial charge in [0.05, 0.1) is 5.69 Å². The van der Waals surface area contributed by atoms with Crippen molar-refractivity contribution in [3.05, 3.63) is 29.6 Å². The number of nitrogens with two attached hydrogens (primary N) is 1. The van der Waals surface area contributed by atoms with Crippen LogP contribution < -0.4 is 10.6 Å². The molecule has 1 heterocycles. The molecule has 1 saturated heterocycles. The van der Waals surface area contributed by atoms with Gasteiger partial charge in [0.25, 0.3) is 0 Å². The van der Waals surface area contributed by atoms with E-state index in [-0.39, 0.29) is 5.82 Å². The van der Waals surface area contributed by atoms with Crippen LogP contribution in [-0.2, 0) is 6.42 Å². The van der Waals surface area contributed by atoms with Gasteiger partial charge in [0.2, 0.25) is 0 Å². The average Bonchev–Trinajstić information content (AvgIpc) is 2.31. The Morgan fingerprint density at radius 3 is 2.65 bits per heavy atom. The zero-order valence-electron chi connectivity index (χ0n) is 10.5. The Morgan fingerprint density at radius 2 is 2.06 bits per heavy atom. The molecule has 0 aliphatic carbocycles. The molecule has 2 rings (SSSR count). The minimum Gasteiger partial charge on any atom is -0.369 e. The van der Waals surface area contributed by atoms with Crippen molar-refractivity contribution in [1.82, 2.24) is 0 Å². The molecule has 0 atom stereocenters. The topological polar surface area (TPSA) is 29.3 Å². The van der Waals surface area contributed by atoms with Crippen molar-refractivity contribution in [1.29, 1.82) is 0 Å². The van der Waals surface area contributed by atoms with Crippen LogP contribution >= 0.6 is 0 Å². The molecule has 0 saturated carbocycles. The van der Waals surface area contributed by atoms with Gasteiger partial charge < -0.3 is 10.6 Å². The van der Waals surface area contributed by atoms with Gasteiger partial charge in [-0.3, -0.25) is 0 Å². The molecule has 1 aliphatic heterocycles. The maximum absolute atomic E-state index is 14.0. The van der Waals surface area contributed by atoms with E-state index in [1.165, 1.54) is 0 Å². The minimum atomic E-state index is -0.106. The third-order valence-corrected chi connectivity index (χ3v) is 3.57. The number of benzene rings is 1. The molecule has 94 valence electrons. The van der Waals surface area contributed by atoms with Gasteiger partial charge in [-0.05, 0) is 49.4 Å². The fraction of sp³-hybridized carbons (Fsp3) is 0.571. The molecular weight excluding hydrogens is 215 g/mol. The van der Waals surface area contributed by atoms with Gasteiger partial charge in [0.15, 0.2) is 0 Å². The summed E-state index contributed by atoms with van der Waals surface area (Å²) < 4.78 is 14.0. The largest absolute Gasteiger partial charge is 0.369 e. The van der Waals surface area contributed by atoms with Gasteiger partial charge >= 0.3 is 0 Å². The summed E-state index contributed by atoms with van der Waals surface area (Å²) in [6.45, 7) is 4.76. The van der Waals surface area contributed by atoms with Crippen LogP contribution in [0.1, 0.15) is 25.3 Å². The van der Waals surface area contributed by atoms with E-state index >= 15 is 0 Å². The maximum Gasteiger partial charge on any atom is 0.146 e. The van der Waals surface area contributed by atoms with Gasteiger partial charge in [-0.2, -0.15) is 0 Å².